The van der Waals surface area contributed by atoms with Gasteiger partial charge in [-0.25, -0.2) is 13.8 Å². The summed E-state index contributed by atoms with van der Waals surface area (Å²) in [6.07, 6.45) is 1.69. The van der Waals surface area contributed by atoms with Gasteiger partial charge in [0.05, 0.1) is 0 Å². The maximum Gasteiger partial charge on any atom is 0.129 e. The van der Waals surface area contributed by atoms with E-state index in [2.05, 4.69) is 4.98 Å². The van der Waals surface area contributed by atoms with Gasteiger partial charge in [0.2, 0.25) is 0 Å². The minimum Gasteiger partial charge on any atom is -0.245 e. The number of nitrogens with zero attached hydrogens (tertiary/aromatic N) is 1. The van der Waals surface area contributed by atoms with Crippen molar-refractivity contribution in [1.29, 1.82) is 0 Å². The summed E-state index contributed by atoms with van der Waals surface area (Å²) in [6.45, 7) is 5.77. The van der Waals surface area contributed by atoms with Crippen LogP contribution in [0.4, 0.5) is 8.78 Å². The van der Waals surface area contributed by atoms with Gasteiger partial charge in [-0.15, -0.1) is 0 Å². The largest absolute Gasteiger partial charge is 0.245 e. The zero-order chi connectivity index (χ0) is 17.9. The molecule has 0 aliphatic carbocycles. The van der Waals surface area contributed by atoms with Crippen LogP contribution in [0.2, 0.25) is 5.15 Å². The third-order valence-electron chi connectivity index (χ3n) is 2.87. The van der Waals surface area contributed by atoms with E-state index in [1.54, 1.807) is 24.4 Å². The average Bonchev–Trinajstić information content (AvgIpc) is 2.51. The molecule has 0 atom stereocenters. The Balaban J connectivity index is 0.000000180. The summed E-state index contributed by atoms with van der Waals surface area (Å²) in [5, 5.41) is 0.560. The number of benzene rings is 2. The van der Waals surface area contributed by atoms with E-state index in [9.17, 15) is 8.78 Å². The minimum absolute atomic E-state index is 0.162. The number of halogens is 3. The standard InChI is InChI=1S/2C7H7F.C6H6ClN/c1-6-2-4-7(8)5-3-6;1-6-3-2-4-7(8)5-6;1-5-2-3-8-6(7)4-5/h2*2-5H,1H3;2-4H,1H3. The van der Waals surface area contributed by atoms with Crippen molar-refractivity contribution >= 4 is 11.6 Å². The first-order valence-electron chi connectivity index (χ1n) is 7.39. The van der Waals surface area contributed by atoms with Gasteiger partial charge in [0.15, 0.2) is 0 Å². The fourth-order valence-corrected chi connectivity index (χ4v) is 1.87. The van der Waals surface area contributed by atoms with Gasteiger partial charge in [0, 0.05) is 6.20 Å². The van der Waals surface area contributed by atoms with E-state index in [4.69, 9.17) is 11.6 Å². The zero-order valence-electron chi connectivity index (χ0n) is 13.9. The van der Waals surface area contributed by atoms with Gasteiger partial charge in [-0.1, -0.05) is 41.4 Å². The molecule has 24 heavy (non-hydrogen) atoms. The molecule has 0 radical (unpaired) electrons. The molecule has 0 saturated heterocycles. The van der Waals surface area contributed by atoms with E-state index in [0.29, 0.717) is 5.15 Å². The smallest absolute Gasteiger partial charge is 0.129 e. The number of hydrogen-bond donors (Lipinski definition) is 0. The first-order chi connectivity index (χ1) is 11.4. The number of pyridine rings is 1. The molecular weight excluding hydrogens is 328 g/mol. The molecule has 0 bridgehead atoms. The SMILES string of the molecule is Cc1ccc(F)cc1.Cc1cccc(F)c1.Cc1ccnc(Cl)c1. The highest BCUT2D eigenvalue weighted by Crippen LogP contribution is 2.04. The quantitative estimate of drug-likeness (QED) is 0.434. The Hall–Kier alpha value is -2.26. The van der Waals surface area contributed by atoms with Crippen molar-refractivity contribution in [2.45, 2.75) is 20.8 Å². The molecule has 0 spiro atoms. The normalized spacial score (nSPS) is 9.25. The third kappa shape index (κ3) is 9.01. The Labute approximate surface area is 147 Å². The van der Waals surface area contributed by atoms with Crippen LogP contribution in [0.5, 0.6) is 0 Å². The molecule has 0 aliphatic rings. The van der Waals surface area contributed by atoms with E-state index in [-0.39, 0.29) is 11.6 Å². The maximum absolute atomic E-state index is 12.2. The van der Waals surface area contributed by atoms with E-state index >= 15 is 0 Å². The predicted molar refractivity (Wildman–Crippen MR) is 96.3 cm³/mol. The second kappa shape index (κ2) is 10.5. The highest BCUT2D eigenvalue weighted by atomic mass is 35.5. The molecule has 0 N–H and O–H groups in total. The van der Waals surface area contributed by atoms with E-state index in [1.807, 2.05) is 39.0 Å². The summed E-state index contributed by atoms with van der Waals surface area (Å²) in [7, 11) is 0. The lowest BCUT2D eigenvalue weighted by molar-refractivity contribution is 0.626. The predicted octanol–water partition coefficient (Wildman–Crippen LogP) is 6.31. The zero-order valence-corrected chi connectivity index (χ0v) is 14.7. The summed E-state index contributed by atoms with van der Waals surface area (Å²) in [5.41, 5.74) is 3.20. The van der Waals surface area contributed by atoms with Gasteiger partial charge in [0.1, 0.15) is 16.8 Å². The molecule has 0 saturated carbocycles. The average molecular weight is 348 g/mol. The van der Waals surface area contributed by atoms with Crippen LogP contribution in [0.1, 0.15) is 16.7 Å². The first-order valence-corrected chi connectivity index (χ1v) is 7.77. The van der Waals surface area contributed by atoms with Gasteiger partial charge >= 0.3 is 0 Å². The molecule has 0 unspecified atom stereocenters. The van der Waals surface area contributed by atoms with Crippen molar-refractivity contribution in [2.75, 3.05) is 0 Å². The molecule has 3 aromatic rings. The molecule has 2 aromatic carbocycles. The summed E-state index contributed by atoms with van der Waals surface area (Å²) in [6, 6.07) is 16.6. The van der Waals surface area contributed by atoms with Crippen LogP contribution in [-0.4, -0.2) is 4.98 Å². The topological polar surface area (TPSA) is 12.9 Å². The van der Waals surface area contributed by atoms with Crippen molar-refractivity contribution in [3.63, 3.8) is 0 Å². The maximum atomic E-state index is 12.2. The molecule has 3 rings (SSSR count). The summed E-state index contributed by atoms with van der Waals surface area (Å²) in [4.78, 5) is 3.81. The highest BCUT2D eigenvalue weighted by molar-refractivity contribution is 6.29. The number of aromatic nitrogens is 1. The van der Waals surface area contributed by atoms with E-state index < -0.39 is 0 Å². The fourth-order valence-electron chi connectivity index (χ4n) is 1.64. The third-order valence-corrected chi connectivity index (χ3v) is 3.08. The van der Waals surface area contributed by atoms with Crippen LogP contribution < -0.4 is 0 Å². The first kappa shape index (κ1) is 19.8. The number of hydrogen-bond acceptors (Lipinski definition) is 1. The minimum atomic E-state index is -0.171. The molecule has 4 heteroatoms. The van der Waals surface area contributed by atoms with Gasteiger partial charge in [-0.3, -0.25) is 0 Å². The molecule has 0 aliphatic heterocycles. The van der Waals surface area contributed by atoms with Crippen molar-refractivity contribution < 1.29 is 8.78 Å². The second-order valence-electron chi connectivity index (χ2n) is 5.25. The summed E-state index contributed by atoms with van der Waals surface area (Å²) < 4.78 is 24.3. The summed E-state index contributed by atoms with van der Waals surface area (Å²) >= 11 is 5.53. The Morgan fingerprint density at radius 3 is 1.71 bits per heavy atom. The molecular formula is C20H20ClF2N. The number of rotatable bonds is 0. The van der Waals surface area contributed by atoms with Crippen LogP contribution in [-0.2, 0) is 0 Å². The Morgan fingerprint density at radius 2 is 1.33 bits per heavy atom. The highest BCUT2D eigenvalue weighted by Gasteiger charge is 1.85. The molecule has 126 valence electrons. The molecule has 1 heterocycles. The van der Waals surface area contributed by atoms with Crippen molar-refractivity contribution in [3.8, 4) is 0 Å². The van der Waals surface area contributed by atoms with E-state index in [1.165, 1.54) is 24.3 Å². The van der Waals surface area contributed by atoms with Crippen LogP contribution in [0.3, 0.4) is 0 Å². The van der Waals surface area contributed by atoms with Gasteiger partial charge in [-0.2, -0.15) is 0 Å². The van der Waals surface area contributed by atoms with Crippen molar-refractivity contribution in [3.05, 3.63) is 100 Å². The second-order valence-corrected chi connectivity index (χ2v) is 5.64. The van der Waals surface area contributed by atoms with Crippen LogP contribution in [0, 0.1) is 32.4 Å². The van der Waals surface area contributed by atoms with Crippen molar-refractivity contribution in [1.82, 2.24) is 4.98 Å². The Bertz CT molecular complexity index is 644. The van der Waals surface area contributed by atoms with Gasteiger partial charge < -0.3 is 0 Å². The molecule has 1 nitrogen and oxygen atoms in total. The van der Waals surface area contributed by atoms with E-state index in [0.717, 1.165) is 16.7 Å². The lowest BCUT2D eigenvalue weighted by Gasteiger charge is -1.88. The molecule has 1 aromatic heterocycles. The lowest BCUT2D eigenvalue weighted by atomic mass is 10.2. The monoisotopic (exact) mass is 347 g/mol. The summed E-state index contributed by atoms with van der Waals surface area (Å²) in [5.74, 6) is -0.333. The Kier molecular flexibility index (Phi) is 8.66. The molecule has 0 fully saturated rings. The fraction of sp³-hybridized carbons (Fsp3) is 0.150. The van der Waals surface area contributed by atoms with Gasteiger partial charge in [-0.05, 0) is 68.3 Å². The van der Waals surface area contributed by atoms with Crippen molar-refractivity contribution in [2.24, 2.45) is 0 Å². The number of aryl methyl sites for hydroxylation is 3. The molecule has 0 amide bonds. The lowest BCUT2D eigenvalue weighted by Crippen LogP contribution is -1.73. The Morgan fingerprint density at radius 1 is 0.708 bits per heavy atom. The van der Waals surface area contributed by atoms with Crippen LogP contribution in [0.25, 0.3) is 0 Å². The van der Waals surface area contributed by atoms with Gasteiger partial charge in [0.25, 0.3) is 0 Å². The van der Waals surface area contributed by atoms with Crippen LogP contribution >= 0.6 is 11.6 Å². The van der Waals surface area contributed by atoms with Crippen LogP contribution in [0.15, 0.2) is 66.9 Å².